The number of carbonyl (C=O) groups excluding carboxylic acids is 1. The summed E-state index contributed by atoms with van der Waals surface area (Å²) in [6, 6.07) is 9.06. The number of esters is 1. The van der Waals surface area contributed by atoms with E-state index >= 15 is 0 Å². The predicted octanol–water partition coefficient (Wildman–Crippen LogP) is 5.36. The summed E-state index contributed by atoms with van der Waals surface area (Å²) >= 11 is 8.97. The molecule has 0 radical (unpaired) electrons. The summed E-state index contributed by atoms with van der Waals surface area (Å²) in [6.07, 6.45) is 1.97. The van der Waals surface area contributed by atoms with Crippen LogP contribution >= 0.6 is 35.1 Å². The van der Waals surface area contributed by atoms with Gasteiger partial charge in [0.2, 0.25) is 0 Å². The zero-order chi connectivity index (χ0) is 21.1. The number of hydrogen-bond donors (Lipinski definition) is 0. The van der Waals surface area contributed by atoms with E-state index in [9.17, 15) is 4.79 Å². The van der Waals surface area contributed by atoms with E-state index in [1.165, 1.54) is 11.8 Å². The Balaban J connectivity index is 1.86. The second-order valence-electron chi connectivity index (χ2n) is 6.53. The number of unbranched alkanes of at least 4 members (excludes halogenated alkanes) is 1. The third kappa shape index (κ3) is 9.74. The monoisotopic (exact) mass is 454 g/mol. The SMILES string of the molecule is CCCCSCC(COc1ccc(Cl)cc1)OC(=O)CSc1nc(C)cc(C)n1. The van der Waals surface area contributed by atoms with Crippen molar-refractivity contribution in [1.29, 1.82) is 0 Å². The second-order valence-corrected chi connectivity index (χ2v) is 9.06. The van der Waals surface area contributed by atoms with Crippen LogP contribution in [0.25, 0.3) is 0 Å². The molecule has 0 saturated carbocycles. The molecule has 0 saturated heterocycles. The van der Waals surface area contributed by atoms with Gasteiger partial charge in [-0.15, -0.1) is 0 Å². The Bertz CT molecular complexity index is 755. The zero-order valence-corrected chi connectivity index (χ0v) is 19.4. The van der Waals surface area contributed by atoms with E-state index in [-0.39, 0.29) is 17.8 Å². The van der Waals surface area contributed by atoms with Crippen LogP contribution < -0.4 is 4.74 Å². The summed E-state index contributed by atoms with van der Waals surface area (Å²) < 4.78 is 11.5. The van der Waals surface area contributed by atoms with Crippen LogP contribution in [-0.4, -0.2) is 45.9 Å². The van der Waals surface area contributed by atoms with Crippen molar-refractivity contribution >= 4 is 41.1 Å². The van der Waals surface area contributed by atoms with Crippen LogP contribution in [-0.2, 0) is 9.53 Å². The molecule has 29 heavy (non-hydrogen) atoms. The number of carbonyl (C=O) groups is 1. The first-order valence-electron chi connectivity index (χ1n) is 9.57. The standard InChI is InChI=1S/C21H27ClN2O3S2/c1-4-5-10-28-13-19(12-26-18-8-6-17(22)7-9-18)27-20(25)14-29-21-23-15(2)11-16(3)24-21/h6-9,11,19H,4-5,10,12-14H2,1-3H3. The molecule has 0 spiro atoms. The van der Waals surface area contributed by atoms with Crippen LogP contribution in [0.4, 0.5) is 0 Å². The van der Waals surface area contributed by atoms with Crippen molar-refractivity contribution in [1.82, 2.24) is 9.97 Å². The highest BCUT2D eigenvalue weighted by atomic mass is 35.5. The Kier molecular flexibility index (Phi) is 10.7. The molecule has 0 aliphatic rings. The van der Waals surface area contributed by atoms with Gasteiger partial charge in [0.15, 0.2) is 5.16 Å². The smallest absolute Gasteiger partial charge is 0.316 e. The minimum absolute atomic E-state index is 0.167. The Hall–Kier alpha value is -1.44. The molecule has 1 aromatic heterocycles. The Morgan fingerprint density at radius 2 is 1.86 bits per heavy atom. The van der Waals surface area contributed by atoms with Gasteiger partial charge < -0.3 is 9.47 Å². The van der Waals surface area contributed by atoms with Gasteiger partial charge in [-0.3, -0.25) is 4.79 Å². The number of ether oxygens (including phenoxy) is 2. The minimum Gasteiger partial charge on any atom is -0.490 e. The molecule has 0 N–H and O–H groups in total. The summed E-state index contributed by atoms with van der Waals surface area (Å²) in [6.45, 7) is 6.29. The van der Waals surface area contributed by atoms with Crippen LogP contribution in [0.2, 0.25) is 5.02 Å². The second kappa shape index (κ2) is 13.0. The van der Waals surface area contributed by atoms with E-state index in [0.29, 0.717) is 28.3 Å². The first-order valence-corrected chi connectivity index (χ1v) is 12.1. The number of aromatic nitrogens is 2. The lowest BCUT2D eigenvalue weighted by molar-refractivity contribution is -0.145. The summed E-state index contributed by atoms with van der Waals surface area (Å²) in [5.74, 6) is 2.31. The molecule has 0 amide bonds. The maximum absolute atomic E-state index is 12.4. The summed E-state index contributed by atoms with van der Waals surface area (Å²) in [5.41, 5.74) is 1.77. The fraction of sp³-hybridized carbons (Fsp3) is 0.476. The highest BCUT2D eigenvalue weighted by Crippen LogP contribution is 2.18. The van der Waals surface area contributed by atoms with Crippen LogP contribution in [0, 0.1) is 13.8 Å². The van der Waals surface area contributed by atoms with Crippen molar-refractivity contribution in [2.75, 3.05) is 23.9 Å². The molecule has 2 rings (SSSR count). The van der Waals surface area contributed by atoms with Crippen molar-refractivity contribution in [2.24, 2.45) is 0 Å². The molecular weight excluding hydrogens is 428 g/mol. The normalized spacial score (nSPS) is 11.9. The summed E-state index contributed by atoms with van der Waals surface area (Å²) in [5, 5.41) is 1.24. The van der Waals surface area contributed by atoms with Crippen molar-refractivity contribution in [3.05, 3.63) is 46.7 Å². The third-order valence-corrected chi connectivity index (χ3v) is 6.03. The van der Waals surface area contributed by atoms with Crippen molar-refractivity contribution < 1.29 is 14.3 Å². The number of nitrogens with zero attached hydrogens (tertiary/aromatic N) is 2. The van der Waals surface area contributed by atoms with Crippen molar-refractivity contribution in [3.8, 4) is 5.75 Å². The Morgan fingerprint density at radius 1 is 1.17 bits per heavy atom. The fourth-order valence-corrected chi connectivity index (χ4v) is 4.34. The summed E-state index contributed by atoms with van der Waals surface area (Å²) in [7, 11) is 0. The topological polar surface area (TPSA) is 61.3 Å². The van der Waals surface area contributed by atoms with E-state index < -0.39 is 0 Å². The molecule has 0 aliphatic heterocycles. The average molecular weight is 455 g/mol. The molecule has 8 heteroatoms. The number of halogens is 1. The molecule has 5 nitrogen and oxygen atoms in total. The zero-order valence-electron chi connectivity index (χ0n) is 17.0. The van der Waals surface area contributed by atoms with Crippen LogP contribution in [0.5, 0.6) is 5.75 Å². The maximum atomic E-state index is 12.4. The lowest BCUT2D eigenvalue weighted by Crippen LogP contribution is -2.28. The average Bonchev–Trinajstić information content (AvgIpc) is 2.68. The quantitative estimate of drug-likeness (QED) is 0.185. The minimum atomic E-state index is -0.319. The van der Waals surface area contributed by atoms with Gasteiger partial charge >= 0.3 is 5.97 Å². The lowest BCUT2D eigenvalue weighted by Gasteiger charge is -2.18. The molecular formula is C21H27ClN2O3S2. The molecule has 0 aliphatic carbocycles. The number of benzene rings is 1. The third-order valence-electron chi connectivity index (χ3n) is 3.77. The number of aryl methyl sites for hydroxylation is 2. The van der Waals surface area contributed by atoms with E-state index in [1.807, 2.05) is 19.9 Å². The molecule has 1 heterocycles. The van der Waals surface area contributed by atoms with E-state index in [1.54, 1.807) is 36.0 Å². The van der Waals surface area contributed by atoms with Crippen molar-refractivity contribution in [2.45, 2.75) is 44.9 Å². The molecule has 0 bridgehead atoms. The molecule has 1 aromatic carbocycles. The maximum Gasteiger partial charge on any atom is 0.316 e. The molecule has 1 unspecified atom stereocenters. The first kappa shape index (κ1) is 23.8. The Labute approximate surface area is 186 Å². The van der Waals surface area contributed by atoms with E-state index in [4.69, 9.17) is 21.1 Å². The number of thioether (sulfide) groups is 2. The van der Waals surface area contributed by atoms with Gasteiger partial charge in [-0.2, -0.15) is 11.8 Å². The predicted molar refractivity (Wildman–Crippen MR) is 121 cm³/mol. The number of hydrogen-bond acceptors (Lipinski definition) is 7. The highest BCUT2D eigenvalue weighted by molar-refractivity contribution is 7.99. The van der Waals surface area contributed by atoms with Gasteiger partial charge in [0, 0.05) is 22.2 Å². The number of rotatable bonds is 12. The molecule has 1 atom stereocenters. The molecule has 0 fully saturated rings. The van der Waals surface area contributed by atoms with Gasteiger partial charge in [0.25, 0.3) is 0 Å². The summed E-state index contributed by atoms with van der Waals surface area (Å²) in [4.78, 5) is 21.0. The highest BCUT2D eigenvalue weighted by Gasteiger charge is 2.17. The van der Waals surface area contributed by atoms with Crippen LogP contribution in [0.1, 0.15) is 31.2 Å². The fourth-order valence-electron chi connectivity index (χ4n) is 2.40. The van der Waals surface area contributed by atoms with E-state index in [0.717, 1.165) is 30.0 Å². The van der Waals surface area contributed by atoms with Gasteiger partial charge in [0.1, 0.15) is 18.5 Å². The van der Waals surface area contributed by atoms with Crippen molar-refractivity contribution in [3.63, 3.8) is 0 Å². The van der Waals surface area contributed by atoms with Gasteiger partial charge in [-0.25, -0.2) is 9.97 Å². The molecule has 158 valence electrons. The molecule has 2 aromatic rings. The van der Waals surface area contributed by atoms with Crippen LogP contribution in [0.15, 0.2) is 35.5 Å². The van der Waals surface area contributed by atoms with Crippen LogP contribution in [0.3, 0.4) is 0 Å². The van der Waals surface area contributed by atoms with Gasteiger partial charge in [-0.05, 0) is 56.4 Å². The van der Waals surface area contributed by atoms with E-state index in [2.05, 4.69) is 16.9 Å². The lowest BCUT2D eigenvalue weighted by atomic mass is 10.3. The Morgan fingerprint density at radius 3 is 2.52 bits per heavy atom. The van der Waals surface area contributed by atoms with Gasteiger partial charge in [-0.1, -0.05) is 36.7 Å². The van der Waals surface area contributed by atoms with Gasteiger partial charge in [0.05, 0.1) is 5.75 Å². The largest absolute Gasteiger partial charge is 0.490 e. The first-order chi connectivity index (χ1) is 14.0.